The lowest BCUT2D eigenvalue weighted by Gasteiger charge is -2.15. The molecule has 1 heteroatoms. The number of allylic oxidation sites excluding steroid dienone is 2. The van der Waals surface area contributed by atoms with E-state index >= 15 is 0 Å². The van der Waals surface area contributed by atoms with Gasteiger partial charge in [0.05, 0.1) is 6.10 Å². The predicted molar refractivity (Wildman–Crippen MR) is 70.7 cm³/mol. The van der Waals surface area contributed by atoms with E-state index in [-0.39, 0.29) is 5.92 Å². The Morgan fingerprint density at radius 1 is 0.882 bits per heavy atom. The monoisotopic (exact) mass is 222 g/mol. The molecular formula is C16H14O. The van der Waals surface area contributed by atoms with Gasteiger partial charge in [-0.15, -0.1) is 0 Å². The third kappa shape index (κ3) is 1.90. The Hall–Kier alpha value is -1.86. The average molecular weight is 222 g/mol. The van der Waals surface area contributed by atoms with Gasteiger partial charge in [-0.05, 0) is 22.4 Å². The molecule has 0 amide bonds. The van der Waals surface area contributed by atoms with Gasteiger partial charge < -0.3 is 5.11 Å². The van der Waals surface area contributed by atoms with E-state index in [1.165, 1.54) is 10.8 Å². The van der Waals surface area contributed by atoms with E-state index in [9.17, 15) is 5.11 Å². The highest BCUT2D eigenvalue weighted by Crippen LogP contribution is 2.29. The van der Waals surface area contributed by atoms with Crippen LogP contribution in [0.5, 0.6) is 0 Å². The molecule has 84 valence electrons. The first-order valence-electron chi connectivity index (χ1n) is 5.86. The Kier molecular flexibility index (Phi) is 2.54. The van der Waals surface area contributed by atoms with Crippen LogP contribution >= 0.6 is 0 Å². The van der Waals surface area contributed by atoms with Crippen molar-refractivity contribution in [2.75, 3.05) is 0 Å². The molecule has 1 aliphatic carbocycles. The summed E-state index contributed by atoms with van der Waals surface area (Å²) in [5, 5.41) is 12.7. The molecular weight excluding hydrogens is 208 g/mol. The summed E-state index contributed by atoms with van der Waals surface area (Å²) < 4.78 is 0. The molecule has 0 spiro atoms. The third-order valence-corrected chi connectivity index (χ3v) is 3.26. The molecule has 1 unspecified atom stereocenters. The zero-order valence-electron chi connectivity index (χ0n) is 9.45. The number of fused-ring (bicyclic) bond motifs is 1. The Labute approximate surface area is 101 Å². The van der Waals surface area contributed by atoms with E-state index in [0.717, 1.165) is 5.56 Å². The number of aliphatic hydroxyl groups is 1. The molecule has 0 heterocycles. The minimum Gasteiger partial charge on any atom is -0.387 e. The second-order valence-corrected chi connectivity index (χ2v) is 4.40. The first kappa shape index (κ1) is 10.3. The lowest BCUT2D eigenvalue weighted by molar-refractivity contribution is 0.152. The van der Waals surface area contributed by atoms with Crippen LogP contribution in [-0.4, -0.2) is 5.11 Å². The molecule has 2 aromatic rings. The van der Waals surface area contributed by atoms with E-state index in [0.29, 0.717) is 0 Å². The summed E-state index contributed by atoms with van der Waals surface area (Å²) in [4.78, 5) is 0. The number of benzene rings is 2. The van der Waals surface area contributed by atoms with E-state index in [1.54, 1.807) is 0 Å². The molecule has 0 aromatic heterocycles. The summed E-state index contributed by atoms with van der Waals surface area (Å²) in [5.74, 6) is 0.108. The number of aliphatic hydroxyl groups excluding tert-OH is 1. The SMILES string of the molecule is OC(c1ccc2ccccc2c1)C1C=CC=C1. The largest absolute Gasteiger partial charge is 0.387 e. The maximum Gasteiger partial charge on any atom is 0.0887 e. The van der Waals surface area contributed by atoms with Gasteiger partial charge >= 0.3 is 0 Å². The number of rotatable bonds is 2. The zero-order chi connectivity index (χ0) is 11.7. The lowest BCUT2D eigenvalue weighted by Crippen LogP contribution is -2.06. The Bertz CT molecular complexity index is 583. The van der Waals surface area contributed by atoms with Crippen LogP contribution in [-0.2, 0) is 0 Å². The van der Waals surface area contributed by atoms with E-state index in [4.69, 9.17) is 0 Å². The van der Waals surface area contributed by atoms with E-state index < -0.39 is 6.10 Å². The van der Waals surface area contributed by atoms with Gasteiger partial charge in [0.1, 0.15) is 0 Å². The maximum absolute atomic E-state index is 10.3. The minimum atomic E-state index is -0.449. The number of hydrogen-bond acceptors (Lipinski definition) is 1. The van der Waals surface area contributed by atoms with Crippen LogP contribution in [0.3, 0.4) is 0 Å². The van der Waals surface area contributed by atoms with Crippen LogP contribution in [0.4, 0.5) is 0 Å². The van der Waals surface area contributed by atoms with Gasteiger partial charge in [-0.1, -0.05) is 60.7 Å². The van der Waals surface area contributed by atoms with Crippen molar-refractivity contribution in [2.24, 2.45) is 5.92 Å². The van der Waals surface area contributed by atoms with Crippen molar-refractivity contribution < 1.29 is 5.11 Å². The Morgan fingerprint density at radius 2 is 1.59 bits per heavy atom. The zero-order valence-corrected chi connectivity index (χ0v) is 9.45. The quantitative estimate of drug-likeness (QED) is 0.822. The fraction of sp³-hybridized carbons (Fsp3) is 0.125. The van der Waals surface area contributed by atoms with E-state index in [2.05, 4.69) is 24.3 Å². The van der Waals surface area contributed by atoms with Crippen molar-refractivity contribution in [1.82, 2.24) is 0 Å². The highest BCUT2D eigenvalue weighted by molar-refractivity contribution is 5.83. The molecule has 2 aromatic carbocycles. The van der Waals surface area contributed by atoms with Gasteiger partial charge in [-0.2, -0.15) is 0 Å². The fourth-order valence-electron chi connectivity index (χ4n) is 2.27. The van der Waals surface area contributed by atoms with Gasteiger partial charge in [0.15, 0.2) is 0 Å². The molecule has 1 atom stereocenters. The highest BCUT2D eigenvalue weighted by atomic mass is 16.3. The van der Waals surface area contributed by atoms with Crippen LogP contribution in [0.15, 0.2) is 66.8 Å². The average Bonchev–Trinajstić information content (AvgIpc) is 2.91. The van der Waals surface area contributed by atoms with Gasteiger partial charge in [0.2, 0.25) is 0 Å². The maximum atomic E-state index is 10.3. The summed E-state index contributed by atoms with van der Waals surface area (Å²) in [5.41, 5.74) is 0.977. The van der Waals surface area contributed by atoms with Crippen molar-refractivity contribution in [2.45, 2.75) is 6.10 Å². The molecule has 0 fully saturated rings. The van der Waals surface area contributed by atoms with Crippen LogP contribution < -0.4 is 0 Å². The fourth-order valence-corrected chi connectivity index (χ4v) is 2.27. The van der Waals surface area contributed by atoms with Crippen LogP contribution in [0.1, 0.15) is 11.7 Å². The predicted octanol–water partition coefficient (Wildman–Crippen LogP) is 3.62. The molecule has 3 rings (SSSR count). The van der Waals surface area contributed by atoms with Gasteiger partial charge in [-0.3, -0.25) is 0 Å². The summed E-state index contributed by atoms with van der Waals surface area (Å²) in [6.07, 6.45) is 7.57. The smallest absolute Gasteiger partial charge is 0.0887 e. The molecule has 17 heavy (non-hydrogen) atoms. The second kappa shape index (κ2) is 4.19. The second-order valence-electron chi connectivity index (χ2n) is 4.40. The van der Waals surface area contributed by atoms with Crippen molar-refractivity contribution >= 4 is 10.8 Å². The summed E-state index contributed by atoms with van der Waals surface area (Å²) in [6.45, 7) is 0. The van der Waals surface area contributed by atoms with Gasteiger partial charge in [0, 0.05) is 5.92 Å². The first-order chi connectivity index (χ1) is 8.34. The van der Waals surface area contributed by atoms with Crippen LogP contribution in [0.2, 0.25) is 0 Å². The Morgan fingerprint density at radius 3 is 2.35 bits per heavy atom. The van der Waals surface area contributed by atoms with Crippen LogP contribution in [0.25, 0.3) is 10.8 Å². The van der Waals surface area contributed by atoms with Crippen LogP contribution in [0, 0.1) is 5.92 Å². The highest BCUT2D eigenvalue weighted by Gasteiger charge is 2.17. The summed E-state index contributed by atoms with van der Waals surface area (Å²) in [7, 11) is 0. The van der Waals surface area contributed by atoms with Crippen molar-refractivity contribution in [3.05, 3.63) is 72.3 Å². The molecule has 1 nitrogen and oxygen atoms in total. The lowest BCUT2D eigenvalue weighted by atomic mass is 9.95. The standard InChI is InChI=1S/C16H14O/c17-16(13-6-2-3-7-13)15-10-9-12-5-1-4-8-14(12)11-15/h1-11,13,16-17H. The molecule has 0 bridgehead atoms. The Balaban J connectivity index is 2.00. The van der Waals surface area contributed by atoms with Crippen molar-refractivity contribution in [3.8, 4) is 0 Å². The van der Waals surface area contributed by atoms with Gasteiger partial charge in [0.25, 0.3) is 0 Å². The van der Waals surface area contributed by atoms with E-state index in [1.807, 2.05) is 42.5 Å². The molecule has 1 aliphatic rings. The van der Waals surface area contributed by atoms with Crippen molar-refractivity contribution in [1.29, 1.82) is 0 Å². The molecule has 0 saturated carbocycles. The third-order valence-electron chi connectivity index (χ3n) is 3.26. The van der Waals surface area contributed by atoms with Gasteiger partial charge in [-0.25, -0.2) is 0 Å². The van der Waals surface area contributed by atoms with Crippen molar-refractivity contribution in [3.63, 3.8) is 0 Å². The molecule has 0 saturated heterocycles. The minimum absolute atomic E-state index is 0.108. The first-order valence-corrected chi connectivity index (χ1v) is 5.86. The summed E-state index contributed by atoms with van der Waals surface area (Å²) in [6, 6.07) is 14.4. The molecule has 0 radical (unpaired) electrons. The topological polar surface area (TPSA) is 20.2 Å². The molecule has 0 aliphatic heterocycles. The number of hydrogen-bond donors (Lipinski definition) is 1. The molecule has 1 N–H and O–H groups in total. The summed E-state index contributed by atoms with van der Waals surface area (Å²) >= 11 is 0. The normalized spacial score (nSPS) is 16.8.